The summed E-state index contributed by atoms with van der Waals surface area (Å²) < 4.78 is 52.0. The molecule has 5 nitrogen and oxygen atoms in total. The minimum absolute atomic E-state index is 0.0700. The molecule has 0 aliphatic rings. The Labute approximate surface area is 253 Å². The standard InChI is InChI=1S/C35H44F3NO4/c1-3-4-5-6-7-8-9-10-11-12-20-39-34(41)28-24-31(26-16-18-30(42-2)19-17-26)33(43-22-21-40)32(25-28)27-14-13-15-29(23-27)35(36,37)38/h13-19,23-25,40H,3-12,20-22H2,1-2H3,(H,39,41). The predicted octanol–water partition coefficient (Wildman–Crippen LogP) is 9.07. The third-order valence-electron chi connectivity index (χ3n) is 7.41. The van der Waals surface area contributed by atoms with Crippen LogP contribution in [0.1, 0.15) is 87.1 Å². The highest BCUT2D eigenvalue weighted by Crippen LogP contribution is 2.42. The molecule has 0 aromatic heterocycles. The van der Waals surface area contributed by atoms with Gasteiger partial charge in [0.25, 0.3) is 5.91 Å². The molecule has 0 unspecified atom stereocenters. The molecule has 0 saturated heterocycles. The average Bonchev–Trinajstić information content (AvgIpc) is 3.01. The number of unbranched alkanes of at least 4 members (excludes halogenated alkanes) is 9. The number of benzene rings is 3. The number of aliphatic hydroxyl groups excluding tert-OH is 1. The van der Waals surface area contributed by atoms with Crippen LogP contribution in [0.15, 0.2) is 60.7 Å². The van der Waals surface area contributed by atoms with Crippen LogP contribution in [0.4, 0.5) is 13.2 Å². The molecule has 234 valence electrons. The van der Waals surface area contributed by atoms with Crippen LogP contribution >= 0.6 is 0 Å². The highest BCUT2D eigenvalue weighted by atomic mass is 19.4. The number of hydrogen-bond acceptors (Lipinski definition) is 4. The Bertz CT molecular complexity index is 1280. The van der Waals surface area contributed by atoms with Crippen LogP contribution in [-0.2, 0) is 6.18 Å². The second-order valence-corrected chi connectivity index (χ2v) is 10.7. The minimum Gasteiger partial charge on any atom is -0.497 e. The number of aliphatic hydroxyl groups is 1. The highest BCUT2D eigenvalue weighted by Gasteiger charge is 2.31. The lowest BCUT2D eigenvalue weighted by Crippen LogP contribution is -2.24. The maximum Gasteiger partial charge on any atom is 0.416 e. The molecule has 0 atom stereocenters. The number of rotatable bonds is 18. The summed E-state index contributed by atoms with van der Waals surface area (Å²) in [4.78, 5) is 13.3. The SMILES string of the molecule is CCCCCCCCCCCCNC(=O)c1cc(-c2ccc(OC)cc2)c(OCCO)c(-c2cccc(C(F)(F)F)c2)c1. The van der Waals surface area contributed by atoms with E-state index in [0.717, 1.165) is 31.4 Å². The lowest BCUT2D eigenvalue weighted by Gasteiger charge is -2.19. The van der Waals surface area contributed by atoms with Crippen molar-refractivity contribution in [1.82, 2.24) is 5.32 Å². The van der Waals surface area contributed by atoms with E-state index >= 15 is 0 Å². The lowest BCUT2D eigenvalue weighted by molar-refractivity contribution is -0.137. The maximum absolute atomic E-state index is 13.6. The van der Waals surface area contributed by atoms with E-state index in [9.17, 15) is 23.1 Å². The molecular formula is C35H44F3NO4. The van der Waals surface area contributed by atoms with Crippen molar-refractivity contribution >= 4 is 5.91 Å². The molecule has 0 aliphatic carbocycles. The van der Waals surface area contributed by atoms with E-state index in [4.69, 9.17) is 9.47 Å². The summed E-state index contributed by atoms with van der Waals surface area (Å²) in [6.45, 7) is 2.37. The first kappa shape index (κ1) is 34.0. The van der Waals surface area contributed by atoms with E-state index in [2.05, 4.69) is 12.2 Å². The van der Waals surface area contributed by atoms with Gasteiger partial charge in [-0.1, -0.05) is 89.0 Å². The lowest BCUT2D eigenvalue weighted by atomic mass is 9.93. The zero-order chi connectivity index (χ0) is 31.1. The Morgan fingerprint density at radius 3 is 2.00 bits per heavy atom. The van der Waals surface area contributed by atoms with E-state index in [0.29, 0.717) is 34.5 Å². The number of carbonyl (C=O) groups excluding carboxylic acids is 1. The Kier molecular flexibility index (Phi) is 13.9. The van der Waals surface area contributed by atoms with Crippen molar-refractivity contribution < 1.29 is 32.5 Å². The minimum atomic E-state index is -4.54. The van der Waals surface area contributed by atoms with Crippen molar-refractivity contribution in [3.63, 3.8) is 0 Å². The summed E-state index contributed by atoms with van der Waals surface area (Å²) in [5.74, 6) is 0.600. The molecule has 0 aliphatic heterocycles. The smallest absolute Gasteiger partial charge is 0.416 e. The van der Waals surface area contributed by atoms with Crippen LogP contribution in [0.2, 0.25) is 0 Å². The van der Waals surface area contributed by atoms with Gasteiger partial charge in [0.15, 0.2) is 0 Å². The zero-order valence-electron chi connectivity index (χ0n) is 25.3. The van der Waals surface area contributed by atoms with E-state index < -0.39 is 11.7 Å². The molecular weight excluding hydrogens is 555 g/mol. The van der Waals surface area contributed by atoms with Gasteiger partial charge in [0.1, 0.15) is 18.1 Å². The molecule has 0 fully saturated rings. The van der Waals surface area contributed by atoms with Gasteiger partial charge in [-0.15, -0.1) is 0 Å². The predicted molar refractivity (Wildman–Crippen MR) is 166 cm³/mol. The molecule has 0 heterocycles. The Balaban J connectivity index is 1.84. The third-order valence-corrected chi connectivity index (χ3v) is 7.41. The molecule has 2 N–H and O–H groups in total. The number of halogens is 3. The number of ether oxygens (including phenoxy) is 2. The number of hydrogen-bond donors (Lipinski definition) is 2. The fraction of sp³-hybridized carbons (Fsp3) is 0.457. The zero-order valence-corrected chi connectivity index (χ0v) is 25.3. The Morgan fingerprint density at radius 1 is 0.814 bits per heavy atom. The summed E-state index contributed by atoms with van der Waals surface area (Å²) in [5, 5.41) is 12.5. The molecule has 0 radical (unpaired) electrons. The fourth-order valence-corrected chi connectivity index (χ4v) is 5.04. The van der Waals surface area contributed by atoms with Crippen molar-refractivity contribution in [3.05, 3.63) is 71.8 Å². The van der Waals surface area contributed by atoms with Crippen LogP contribution in [0, 0.1) is 0 Å². The topological polar surface area (TPSA) is 67.8 Å². The van der Waals surface area contributed by atoms with Crippen LogP contribution in [0.3, 0.4) is 0 Å². The second kappa shape index (κ2) is 17.6. The maximum atomic E-state index is 13.6. The Morgan fingerprint density at radius 2 is 1.42 bits per heavy atom. The van der Waals surface area contributed by atoms with Gasteiger partial charge >= 0.3 is 6.18 Å². The van der Waals surface area contributed by atoms with Crippen LogP contribution in [-0.4, -0.2) is 37.9 Å². The van der Waals surface area contributed by atoms with Crippen molar-refractivity contribution in [1.29, 1.82) is 0 Å². The molecule has 0 saturated carbocycles. The average molecular weight is 600 g/mol. The molecule has 3 rings (SSSR count). The quantitative estimate of drug-likeness (QED) is 0.143. The van der Waals surface area contributed by atoms with E-state index in [-0.39, 0.29) is 30.4 Å². The second-order valence-electron chi connectivity index (χ2n) is 10.7. The molecule has 3 aromatic carbocycles. The van der Waals surface area contributed by atoms with Gasteiger partial charge in [0.2, 0.25) is 0 Å². The van der Waals surface area contributed by atoms with Gasteiger partial charge < -0.3 is 19.9 Å². The monoisotopic (exact) mass is 599 g/mol. The molecule has 43 heavy (non-hydrogen) atoms. The van der Waals surface area contributed by atoms with Gasteiger partial charge in [-0.2, -0.15) is 13.2 Å². The van der Waals surface area contributed by atoms with E-state index in [1.807, 2.05) is 0 Å². The number of amides is 1. The number of methoxy groups -OCH3 is 1. The first-order valence-corrected chi connectivity index (χ1v) is 15.3. The summed E-state index contributed by atoms with van der Waals surface area (Å²) in [6.07, 6.45) is 7.35. The van der Waals surface area contributed by atoms with Gasteiger partial charge in [-0.05, 0) is 53.9 Å². The first-order valence-electron chi connectivity index (χ1n) is 15.3. The van der Waals surface area contributed by atoms with Crippen molar-refractivity contribution in [2.45, 2.75) is 77.3 Å². The molecule has 0 spiro atoms. The van der Waals surface area contributed by atoms with Crippen molar-refractivity contribution in [2.75, 3.05) is 26.9 Å². The van der Waals surface area contributed by atoms with Gasteiger partial charge in [0.05, 0.1) is 19.3 Å². The summed E-state index contributed by atoms with van der Waals surface area (Å²) in [5.41, 5.74) is 1.29. The number of nitrogens with one attached hydrogen (secondary N) is 1. The normalized spacial score (nSPS) is 11.4. The van der Waals surface area contributed by atoms with Crippen LogP contribution in [0.5, 0.6) is 11.5 Å². The third kappa shape index (κ3) is 10.6. The Hall–Kier alpha value is -3.52. The van der Waals surface area contributed by atoms with Gasteiger partial charge in [-0.25, -0.2) is 0 Å². The molecule has 3 aromatic rings. The largest absolute Gasteiger partial charge is 0.497 e. The van der Waals surface area contributed by atoms with Crippen LogP contribution < -0.4 is 14.8 Å². The van der Waals surface area contributed by atoms with Crippen LogP contribution in [0.25, 0.3) is 22.3 Å². The number of carbonyl (C=O) groups is 1. The number of alkyl halides is 3. The van der Waals surface area contributed by atoms with Gasteiger partial charge in [-0.3, -0.25) is 4.79 Å². The summed E-state index contributed by atoms with van der Waals surface area (Å²) in [7, 11) is 1.55. The first-order chi connectivity index (χ1) is 20.8. The van der Waals surface area contributed by atoms with E-state index in [1.165, 1.54) is 51.0 Å². The van der Waals surface area contributed by atoms with Crippen molar-refractivity contribution in [3.8, 4) is 33.8 Å². The fourth-order valence-electron chi connectivity index (χ4n) is 5.04. The molecule has 8 heteroatoms. The van der Waals surface area contributed by atoms with Crippen molar-refractivity contribution in [2.24, 2.45) is 0 Å². The molecule has 0 bridgehead atoms. The summed E-state index contributed by atoms with van der Waals surface area (Å²) in [6, 6.07) is 15.3. The van der Waals surface area contributed by atoms with E-state index in [1.54, 1.807) is 49.6 Å². The summed E-state index contributed by atoms with van der Waals surface area (Å²) >= 11 is 0. The molecule has 1 amide bonds. The van der Waals surface area contributed by atoms with Gasteiger partial charge in [0, 0.05) is 23.2 Å². The highest BCUT2D eigenvalue weighted by molar-refractivity contribution is 5.99.